The summed E-state index contributed by atoms with van der Waals surface area (Å²) in [5.74, 6) is 2.77. The van der Waals surface area contributed by atoms with Gasteiger partial charge in [0.25, 0.3) is 0 Å². The fourth-order valence-corrected chi connectivity index (χ4v) is 5.24. The smallest absolute Gasteiger partial charge is 0.244 e. The van der Waals surface area contributed by atoms with Crippen molar-refractivity contribution in [3.8, 4) is 0 Å². The van der Waals surface area contributed by atoms with Gasteiger partial charge in [0.05, 0.1) is 5.69 Å². The van der Waals surface area contributed by atoms with Crippen molar-refractivity contribution in [2.24, 2.45) is 0 Å². The molecule has 2 saturated heterocycles. The summed E-state index contributed by atoms with van der Waals surface area (Å²) in [6.07, 6.45) is 3.37. The molecule has 0 aromatic carbocycles. The zero-order chi connectivity index (χ0) is 17.1. The quantitative estimate of drug-likeness (QED) is 0.834. The maximum absolute atomic E-state index is 12.8. The molecule has 5 nitrogen and oxygen atoms in total. The van der Waals surface area contributed by atoms with E-state index in [0.29, 0.717) is 6.54 Å². The Balaban J connectivity index is 1.59. The second-order valence-electron chi connectivity index (χ2n) is 6.95. The van der Waals surface area contributed by atoms with E-state index in [1.54, 1.807) is 0 Å². The number of hydrogen-bond acceptors (Lipinski definition) is 4. The van der Waals surface area contributed by atoms with E-state index in [1.807, 2.05) is 16.5 Å². The van der Waals surface area contributed by atoms with Gasteiger partial charge < -0.3 is 4.90 Å². The van der Waals surface area contributed by atoms with Crippen molar-refractivity contribution in [2.45, 2.75) is 52.6 Å². The number of hydrogen-bond donors (Lipinski definition) is 0. The molecule has 6 heteroatoms. The minimum absolute atomic E-state index is 0.214. The van der Waals surface area contributed by atoms with Crippen LogP contribution in [-0.4, -0.2) is 69.2 Å². The van der Waals surface area contributed by atoms with Crippen LogP contribution in [0, 0.1) is 13.8 Å². The highest BCUT2D eigenvalue weighted by atomic mass is 32.2. The van der Waals surface area contributed by atoms with E-state index in [0.717, 1.165) is 56.5 Å². The number of thioether (sulfide) groups is 1. The standard InChI is InChI=1S/C18H30N4OS/c1-4-17-14(2)19-22(15(17)3)12-18(23)21-8-5-7-20(9-10-21)16-6-11-24-13-16/h16H,4-13H2,1-3H3. The molecule has 1 atom stereocenters. The van der Waals surface area contributed by atoms with Crippen LogP contribution in [0.25, 0.3) is 0 Å². The van der Waals surface area contributed by atoms with Gasteiger partial charge >= 0.3 is 0 Å². The molecular weight excluding hydrogens is 320 g/mol. The molecule has 2 aliphatic heterocycles. The Morgan fingerprint density at radius 1 is 1.25 bits per heavy atom. The van der Waals surface area contributed by atoms with Gasteiger partial charge in [0, 0.05) is 43.7 Å². The van der Waals surface area contributed by atoms with E-state index in [-0.39, 0.29) is 5.91 Å². The van der Waals surface area contributed by atoms with E-state index in [4.69, 9.17) is 0 Å². The summed E-state index contributed by atoms with van der Waals surface area (Å²) < 4.78 is 1.90. The molecule has 0 radical (unpaired) electrons. The second kappa shape index (κ2) is 7.91. The van der Waals surface area contributed by atoms with E-state index in [2.05, 4.69) is 35.6 Å². The summed E-state index contributed by atoms with van der Waals surface area (Å²) in [4.78, 5) is 17.4. The van der Waals surface area contributed by atoms with Gasteiger partial charge in [-0.05, 0) is 44.4 Å². The Hall–Kier alpha value is -1.01. The first-order valence-electron chi connectivity index (χ1n) is 9.22. The van der Waals surface area contributed by atoms with Crippen molar-refractivity contribution < 1.29 is 4.79 Å². The first kappa shape index (κ1) is 17.8. The van der Waals surface area contributed by atoms with Crippen molar-refractivity contribution in [1.29, 1.82) is 0 Å². The Kier molecular flexibility index (Phi) is 5.87. The van der Waals surface area contributed by atoms with Crippen molar-refractivity contribution in [2.75, 3.05) is 37.7 Å². The lowest BCUT2D eigenvalue weighted by atomic mass is 10.1. The lowest BCUT2D eigenvalue weighted by molar-refractivity contribution is -0.132. The lowest BCUT2D eigenvalue weighted by Crippen LogP contribution is -2.40. The highest BCUT2D eigenvalue weighted by Gasteiger charge is 2.26. The molecule has 1 aromatic heterocycles. The normalized spacial score (nSPS) is 22.8. The van der Waals surface area contributed by atoms with Gasteiger partial charge in [-0.3, -0.25) is 14.4 Å². The first-order valence-corrected chi connectivity index (χ1v) is 10.4. The maximum atomic E-state index is 12.8. The van der Waals surface area contributed by atoms with Crippen LogP contribution in [0.1, 0.15) is 36.7 Å². The summed E-state index contributed by atoms with van der Waals surface area (Å²) in [6.45, 7) is 10.5. The molecule has 2 fully saturated rings. The Labute approximate surface area is 149 Å². The van der Waals surface area contributed by atoms with Crippen molar-refractivity contribution in [1.82, 2.24) is 19.6 Å². The molecule has 24 heavy (non-hydrogen) atoms. The van der Waals surface area contributed by atoms with Crippen LogP contribution in [0.5, 0.6) is 0 Å². The predicted octanol–water partition coefficient (Wildman–Crippen LogP) is 2.10. The highest BCUT2D eigenvalue weighted by molar-refractivity contribution is 7.99. The van der Waals surface area contributed by atoms with Crippen LogP contribution in [0.2, 0.25) is 0 Å². The van der Waals surface area contributed by atoms with E-state index in [9.17, 15) is 4.79 Å². The zero-order valence-electron chi connectivity index (χ0n) is 15.3. The highest BCUT2D eigenvalue weighted by Crippen LogP contribution is 2.23. The number of rotatable bonds is 4. The van der Waals surface area contributed by atoms with Gasteiger partial charge in [0.15, 0.2) is 0 Å². The van der Waals surface area contributed by atoms with Crippen molar-refractivity contribution in [3.63, 3.8) is 0 Å². The molecule has 1 unspecified atom stereocenters. The number of aromatic nitrogens is 2. The van der Waals surface area contributed by atoms with Crippen LogP contribution in [0.15, 0.2) is 0 Å². The second-order valence-corrected chi connectivity index (χ2v) is 8.10. The fourth-order valence-electron chi connectivity index (χ4n) is 3.99. The Morgan fingerprint density at radius 3 is 2.75 bits per heavy atom. The molecule has 3 rings (SSSR count). The number of carbonyl (C=O) groups is 1. The third kappa shape index (κ3) is 3.80. The van der Waals surface area contributed by atoms with Crippen LogP contribution in [0.3, 0.4) is 0 Å². The van der Waals surface area contributed by atoms with Crippen LogP contribution >= 0.6 is 11.8 Å². The van der Waals surface area contributed by atoms with Gasteiger partial charge in [0.1, 0.15) is 6.54 Å². The third-order valence-electron chi connectivity index (χ3n) is 5.48. The van der Waals surface area contributed by atoms with Gasteiger partial charge in [-0.25, -0.2) is 0 Å². The monoisotopic (exact) mass is 350 g/mol. The molecule has 0 bridgehead atoms. The molecule has 0 spiro atoms. The molecule has 2 aliphatic rings. The van der Waals surface area contributed by atoms with Crippen LogP contribution in [0.4, 0.5) is 0 Å². The summed E-state index contributed by atoms with van der Waals surface area (Å²) in [6, 6.07) is 0.730. The largest absolute Gasteiger partial charge is 0.340 e. The molecule has 134 valence electrons. The van der Waals surface area contributed by atoms with Crippen LogP contribution < -0.4 is 0 Å². The number of carbonyl (C=O) groups excluding carboxylic acids is 1. The van der Waals surface area contributed by atoms with Gasteiger partial charge in [-0.2, -0.15) is 16.9 Å². The molecule has 0 aliphatic carbocycles. The van der Waals surface area contributed by atoms with Gasteiger partial charge in [-0.1, -0.05) is 6.92 Å². The van der Waals surface area contributed by atoms with Crippen molar-refractivity contribution >= 4 is 17.7 Å². The minimum Gasteiger partial charge on any atom is -0.340 e. The zero-order valence-corrected chi connectivity index (χ0v) is 16.1. The molecule has 0 N–H and O–H groups in total. The minimum atomic E-state index is 0.214. The molecule has 0 saturated carbocycles. The molecule has 3 heterocycles. The van der Waals surface area contributed by atoms with E-state index in [1.165, 1.54) is 23.5 Å². The number of amides is 1. The van der Waals surface area contributed by atoms with Gasteiger partial charge in [-0.15, -0.1) is 0 Å². The van der Waals surface area contributed by atoms with Crippen LogP contribution in [-0.2, 0) is 17.8 Å². The topological polar surface area (TPSA) is 41.4 Å². The first-order chi connectivity index (χ1) is 11.6. The SMILES string of the molecule is CCc1c(C)nn(CC(=O)N2CCCN(C3CCSC3)CC2)c1C. The summed E-state index contributed by atoms with van der Waals surface area (Å²) in [5.41, 5.74) is 3.48. The predicted molar refractivity (Wildman–Crippen MR) is 99.6 cm³/mol. The summed E-state index contributed by atoms with van der Waals surface area (Å²) in [7, 11) is 0. The van der Waals surface area contributed by atoms with E-state index >= 15 is 0 Å². The average Bonchev–Trinajstić information content (AvgIpc) is 3.09. The number of aryl methyl sites for hydroxylation is 1. The van der Waals surface area contributed by atoms with Gasteiger partial charge in [0.2, 0.25) is 5.91 Å². The lowest BCUT2D eigenvalue weighted by Gasteiger charge is -2.26. The molecule has 1 amide bonds. The molecule has 1 aromatic rings. The number of nitrogens with zero attached hydrogens (tertiary/aromatic N) is 4. The van der Waals surface area contributed by atoms with E-state index < -0.39 is 0 Å². The Morgan fingerprint density at radius 2 is 2.08 bits per heavy atom. The Bertz CT molecular complexity index is 580. The molecular formula is C18H30N4OS. The summed E-state index contributed by atoms with van der Waals surface area (Å²) >= 11 is 2.07. The van der Waals surface area contributed by atoms with Crippen molar-refractivity contribution in [3.05, 3.63) is 17.0 Å². The average molecular weight is 351 g/mol. The fraction of sp³-hybridized carbons (Fsp3) is 0.778. The third-order valence-corrected chi connectivity index (χ3v) is 6.62. The maximum Gasteiger partial charge on any atom is 0.244 e. The summed E-state index contributed by atoms with van der Waals surface area (Å²) in [5, 5.41) is 4.57.